The molecule has 0 aliphatic carbocycles. The summed E-state index contributed by atoms with van der Waals surface area (Å²) in [7, 11) is 0. The van der Waals surface area contributed by atoms with Gasteiger partial charge in [0.1, 0.15) is 5.71 Å². The molecule has 0 aromatic heterocycles. The van der Waals surface area contributed by atoms with E-state index in [0.717, 1.165) is 38.4 Å². The second-order valence-corrected chi connectivity index (χ2v) is 8.84. The number of amides is 2. The van der Waals surface area contributed by atoms with Crippen molar-refractivity contribution in [2.75, 3.05) is 41.4 Å². The number of piperazine rings is 1. The number of carbonyl (C=O) groups excluding carboxylic acids is 2. The molecule has 0 radical (unpaired) electrons. The van der Waals surface area contributed by atoms with Gasteiger partial charge in [0.25, 0.3) is 5.91 Å². The topological polar surface area (TPSA) is 68.2 Å². The van der Waals surface area contributed by atoms with Crippen molar-refractivity contribution in [1.82, 2.24) is 4.90 Å². The molecule has 0 spiro atoms. The number of carbonyl (C=O) groups is 2. The molecule has 1 saturated heterocycles. The molecule has 2 aliphatic heterocycles. The fraction of sp³-hybridized carbons (Fsp3) is 0.250. The maximum Gasteiger partial charge on any atom is 0.271 e. The van der Waals surface area contributed by atoms with Crippen LogP contribution in [-0.2, 0) is 16.1 Å². The van der Waals surface area contributed by atoms with Crippen molar-refractivity contribution in [3.8, 4) is 0 Å². The zero-order valence-electron chi connectivity index (χ0n) is 19.6. The highest BCUT2D eigenvalue weighted by Crippen LogP contribution is 2.22. The van der Waals surface area contributed by atoms with E-state index in [1.807, 2.05) is 54.6 Å². The molecule has 0 bridgehead atoms. The average molecular weight is 468 g/mol. The van der Waals surface area contributed by atoms with Crippen LogP contribution in [0.15, 0.2) is 90.0 Å². The zero-order valence-corrected chi connectivity index (χ0v) is 19.6. The second-order valence-electron chi connectivity index (χ2n) is 8.84. The van der Waals surface area contributed by atoms with Crippen LogP contribution in [0, 0.1) is 0 Å². The number of hydrazone groups is 1. The van der Waals surface area contributed by atoms with E-state index in [-0.39, 0.29) is 18.2 Å². The summed E-state index contributed by atoms with van der Waals surface area (Å²) < 4.78 is 0. The normalized spacial score (nSPS) is 16.7. The molecule has 0 saturated carbocycles. The van der Waals surface area contributed by atoms with Crippen LogP contribution in [-0.4, -0.2) is 48.6 Å². The first kappa shape index (κ1) is 22.8. The smallest absolute Gasteiger partial charge is 0.271 e. The summed E-state index contributed by atoms with van der Waals surface area (Å²) in [5.74, 6) is -0.387. The van der Waals surface area contributed by atoms with Gasteiger partial charge in [0, 0.05) is 56.9 Å². The number of anilines is 3. The third-order valence-electron chi connectivity index (χ3n) is 6.41. The number of hydrogen-bond acceptors (Lipinski definition) is 5. The van der Waals surface area contributed by atoms with Gasteiger partial charge < -0.3 is 10.2 Å². The molecule has 2 aliphatic rings. The Morgan fingerprint density at radius 2 is 1.43 bits per heavy atom. The van der Waals surface area contributed by atoms with Crippen LogP contribution in [0.2, 0.25) is 0 Å². The van der Waals surface area contributed by atoms with Crippen LogP contribution in [0.5, 0.6) is 0 Å². The molecule has 3 aromatic rings. The summed E-state index contributed by atoms with van der Waals surface area (Å²) in [6.07, 6.45) is 0.593. The first-order valence-electron chi connectivity index (χ1n) is 12.0. The predicted molar refractivity (Wildman–Crippen MR) is 140 cm³/mol. The highest BCUT2D eigenvalue weighted by Gasteiger charge is 2.25. The molecule has 0 unspecified atom stereocenters. The summed E-state index contributed by atoms with van der Waals surface area (Å²) >= 11 is 0. The summed E-state index contributed by atoms with van der Waals surface area (Å²) in [4.78, 5) is 30.0. The Morgan fingerprint density at radius 1 is 0.771 bits per heavy atom. The molecular weight excluding hydrogens is 438 g/mol. The molecule has 35 heavy (non-hydrogen) atoms. The van der Waals surface area contributed by atoms with Crippen molar-refractivity contribution >= 4 is 34.6 Å². The van der Waals surface area contributed by atoms with Crippen molar-refractivity contribution in [2.45, 2.75) is 19.4 Å². The third kappa shape index (κ3) is 5.58. The van der Waals surface area contributed by atoms with Crippen LogP contribution in [0.25, 0.3) is 0 Å². The minimum atomic E-state index is -0.277. The van der Waals surface area contributed by atoms with Crippen molar-refractivity contribution in [3.05, 3.63) is 90.5 Å². The van der Waals surface area contributed by atoms with Crippen LogP contribution in [0.3, 0.4) is 0 Å². The van der Waals surface area contributed by atoms with Gasteiger partial charge in [0.2, 0.25) is 5.91 Å². The number of para-hydroxylation sites is 1. The van der Waals surface area contributed by atoms with Gasteiger partial charge in [-0.1, -0.05) is 48.5 Å². The molecule has 3 aromatic carbocycles. The van der Waals surface area contributed by atoms with E-state index < -0.39 is 0 Å². The lowest BCUT2D eigenvalue weighted by atomic mass is 10.1. The summed E-state index contributed by atoms with van der Waals surface area (Å²) in [6.45, 7) is 4.96. The van der Waals surface area contributed by atoms with Crippen LogP contribution in [0.1, 0.15) is 18.4 Å². The highest BCUT2D eigenvalue weighted by molar-refractivity contribution is 6.44. The minimum Gasteiger partial charge on any atom is -0.369 e. The molecule has 1 N–H and O–H groups in total. The van der Waals surface area contributed by atoms with Gasteiger partial charge in [-0.25, -0.2) is 5.01 Å². The lowest BCUT2D eigenvalue weighted by Gasteiger charge is -2.36. The lowest BCUT2D eigenvalue weighted by molar-refractivity contribution is -0.118. The Bertz CT molecular complexity index is 1190. The van der Waals surface area contributed by atoms with E-state index in [4.69, 9.17) is 0 Å². The summed E-state index contributed by atoms with van der Waals surface area (Å²) in [6, 6.07) is 27.7. The van der Waals surface area contributed by atoms with Crippen LogP contribution < -0.4 is 15.2 Å². The van der Waals surface area contributed by atoms with Crippen molar-refractivity contribution in [2.24, 2.45) is 5.10 Å². The number of nitrogens with one attached hydrogen (secondary N) is 1. The average Bonchev–Trinajstić information content (AvgIpc) is 2.91. The number of benzene rings is 3. The predicted octanol–water partition coefficient (Wildman–Crippen LogP) is 4.13. The first-order chi connectivity index (χ1) is 17.2. The van der Waals surface area contributed by atoms with Gasteiger partial charge >= 0.3 is 0 Å². The Morgan fingerprint density at radius 3 is 2.11 bits per heavy atom. The van der Waals surface area contributed by atoms with Gasteiger partial charge in [-0.15, -0.1) is 0 Å². The van der Waals surface area contributed by atoms with Gasteiger partial charge in [-0.3, -0.25) is 14.5 Å². The molecule has 1 fully saturated rings. The van der Waals surface area contributed by atoms with Gasteiger partial charge in [-0.05, 0) is 42.0 Å². The van der Waals surface area contributed by atoms with E-state index in [0.29, 0.717) is 23.5 Å². The number of nitrogens with zero attached hydrogens (tertiary/aromatic N) is 4. The molecule has 7 nitrogen and oxygen atoms in total. The SMILES string of the molecule is O=C(Nc1ccc(N2CCN(Cc3ccccc3)CC2)cc1)C1=NN(c2ccccc2)C(=O)CC1. The molecule has 5 rings (SSSR count). The minimum absolute atomic E-state index is 0.110. The van der Waals surface area contributed by atoms with Gasteiger partial charge in [-0.2, -0.15) is 5.10 Å². The van der Waals surface area contributed by atoms with Crippen LogP contribution in [0.4, 0.5) is 17.1 Å². The van der Waals surface area contributed by atoms with E-state index in [1.54, 1.807) is 0 Å². The zero-order chi connectivity index (χ0) is 24.0. The summed E-state index contributed by atoms with van der Waals surface area (Å²) in [5, 5.41) is 8.58. The third-order valence-corrected chi connectivity index (χ3v) is 6.41. The Labute approximate surface area is 205 Å². The molecule has 2 heterocycles. The van der Waals surface area contributed by atoms with Crippen molar-refractivity contribution < 1.29 is 9.59 Å². The quantitative estimate of drug-likeness (QED) is 0.592. The van der Waals surface area contributed by atoms with Gasteiger partial charge in [0.05, 0.1) is 5.69 Å². The van der Waals surface area contributed by atoms with E-state index in [9.17, 15) is 9.59 Å². The monoisotopic (exact) mass is 467 g/mol. The fourth-order valence-electron chi connectivity index (χ4n) is 4.45. The Kier molecular flexibility index (Phi) is 6.86. The maximum absolute atomic E-state index is 12.8. The van der Waals surface area contributed by atoms with Crippen molar-refractivity contribution in [1.29, 1.82) is 0 Å². The van der Waals surface area contributed by atoms with E-state index in [2.05, 4.69) is 50.5 Å². The molecular formula is C28H29N5O2. The van der Waals surface area contributed by atoms with Crippen LogP contribution >= 0.6 is 0 Å². The maximum atomic E-state index is 12.8. The Hall–Kier alpha value is -3.97. The number of hydrogen-bond donors (Lipinski definition) is 1. The van der Waals surface area contributed by atoms with E-state index >= 15 is 0 Å². The molecule has 0 atom stereocenters. The lowest BCUT2D eigenvalue weighted by Crippen LogP contribution is -2.45. The Balaban J connectivity index is 1.17. The fourth-order valence-corrected chi connectivity index (χ4v) is 4.45. The van der Waals surface area contributed by atoms with Gasteiger partial charge in [0.15, 0.2) is 0 Å². The standard InChI is InChI=1S/C28H29N5O2/c34-27-16-15-26(30-33(27)25-9-5-2-6-10-25)28(35)29-23-11-13-24(14-12-23)32-19-17-31(18-20-32)21-22-7-3-1-4-8-22/h1-14H,15-21H2,(H,29,35). The second kappa shape index (κ2) is 10.5. The number of rotatable bonds is 6. The first-order valence-corrected chi connectivity index (χ1v) is 12.0. The van der Waals surface area contributed by atoms with Crippen molar-refractivity contribution in [3.63, 3.8) is 0 Å². The van der Waals surface area contributed by atoms with E-state index in [1.165, 1.54) is 10.6 Å². The largest absolute Gasteiger partial charge is 0.369 e. The molecule has 7 heteroatoms. The molecule has 178 valence electrons. The summed E-state index contributed by atoms with van der Waals surface area (Å²) in [5.41, 5.74) is 4.23. The highest BCUT2D eigenvalue weighted by atomic mass is 16.2. The molecule has 2 amide bonds.